The molecule has 4 rings (SSSR count). The number of allylic oxidation sites excluding steroid dienone is 1. The average Bonchev–Trinajstić information content (AvgIpc) is 2.88. The predicted molar refractivity (Wildman–Crippen MR) is 139 cm³/mol. The normalized spacial score (nSPS) is 22.5. The van der Waals surface area contributed by atoms with E-state index in [1.54, 1.807) is 19.1 Å². The number of hydrogen-bond acceptors (Lipinski definition) is 5. The first-order valence-electron chi connectivity index (χ1n) is 12.0. The highest BCUT2D eigenvalue weighted by atomic mass is 16.5. The Balaban J connectivity index is 1.68. The van der Waals surface area contributed by atoms with E-state index in [2.05, 4.69) is 15.9 Å². The van der Waals surface area contributed by atoms with Crippen LogP contribution in [0.3, 0.4) is 0 Å². The Morgan fingerprint density at radius 3 is 2.71 bits per heavy atom. The van der Waals surface area contributed by atoms with E-state index in [1.807, 2.05) is 50.4 Å². The number of amides is 1. The van der Waals surface area contributed by atoms with Crippen LogP contribution in [0.4, 0.5) is 5.69 Å². The van der Waals surface area contributed by atoms with Gasteiger partial charge in [0.1, 0.15) is 11.2 Å². The SMILES string of the molecule is C#[N+]c1c(C(=O)N(C)C2CCOCC2O)cc(CC2C=NC(C(C)(C)OC)=CC2)c2ccccc12. The molecule has 0 saturated carbocycles. The maximum absolute atomic E-state index is 13.7. The smallest absolute Gasteiger partial charge is 0.360 e. The van der Waals surface area contributed by atoms with E-state index >= 15 is 0 Å². The van der Waals surface area contributed by atoms with Gasteiger partial charge < -0.3 is 19.5 Å². The molecule has 0 bridgehead atoms. The highest BCUT2D eigenvalue weighted by molar-refractivity contribution is 6.10. The van der Waals surface area contributed by atoms with Gasteiger partial charge in [-0.3, -0.25) is 9.79 Å². The van der Waals surface area contributed by atoms with E-state index in [-0.39, 0.29) is 24.5 Å². The summed E-state index contributed by atoms with van der Waals surface area (Å²) in [5, 5.41) is 12.3. The van der Waals surface area contributed by atoms with Crippen LogP contribution >= 0.6 is 0 Å². The van der Waals surface area contributed by atoms with Crippen molar-refractivity contribution in [2.24, 2.45) is 10.9 Å². The number of ether oxygens (including phenoxy) is 2. The second kappa shape index (κ2) is 10.3. The Kier molecular flexibility index (Phi) is 7.36. The Morgan fingerprint density at radius 1 is 1.34 bits per heavy atom. The lowest BCUT2D eigenvalue weighted by atomic mass is 9.88. The first-order valence-corrected chi connectivity index (χ1v) is 12.0. The maximum Gasteiger partial charge on any atom is 0.360 e. The summed E-state index contributed by atoms with van der Waals surface area (Å²) in [5.74, 6) is -0.0260. The molecule has 0 spiro atoms. The van der Waals surface area contributed by atoms with E-state index in [0.717, 1.165) is 34.9 Å². The molecule has 2 aromatic carbocycles. The summed E-state index contributed by atoms with van der Waals surface area (Å²) in [6, 6.07) is 9.46. The van der Waals surface area contributed by atoms with Gasteiger partial charge in [-0.15, -0.1) is 0 Å². The Bertz CT molecular complexity index is 1210. The van der Waals surface area contributed by atoms with Crippen LogP contribution in [0.1, 0.15) is 42.6 Å². The van der Waals surface area contributed by atoms with Crippen LogP contribution in [-0.2, 0) is 15.9 Å². The lowest BCUT2D eigenvalue weighted by Crippen LogP contribution is -2.49. The second-order valence-electron chi connectivity index (χ2n) is 9.80. The van der Waals surface area contributed by atoms with E-state index < -0.39 is 11.7 Å². The summed E-state index contributed by atoms with van der Waals surface area (Å²) in [4.78, 5) is 23.9. The summed E-state index contributed by atoms with van der Waals surface area (Å²) in [6.45, 7) is 10.5. The standard InChI is InChI=1S/C28H34N3O4/c1-28(2,34-5)25-11-10-18(16-30-25)14-19-15-22(26(29-3)21-9-7-6-8-20(19)21)27(33)31(4)23-12-13-35-17-24(23)32/h3,6-9,11,15-16,18,23-24,32H,10,12-14,17H2,1-2,4-5H3/q+1. The van der Waals surface area contributed by atoms with E-state index in [9.17, 15) is 9.90 Å². The van der Waals surface area contributed by atoms with Crippen molar-refractivity contribution >= 4 is 28.6 Å². The predicted octanol–water partition coefficient (Wildman–Crippen LogP) is 4.60. The number of aliphatic imine (C=N–C) groups is 1. The van der Waals surface area contributed by atoms with Crippen molar-refractivity contribution in [1.29, 1.82) is 0 Å². The third-order valence-electron chi connectivity index (χ3n) is 7.22. The van der Waals surface area contributed by atoms with Gasteiger partial charge >= 0.3 is 5.69 Å². The number of rotatable bonds is 6. The number of hydrogen-bond donors (Lipinski definition) is 1. The van der Waals surface area contributed by atoms with Crippen molar-refractivity contribution in [1.82, 2.24) is 4.90 Å². The molecule has 1 N–H and O–H groups in total. The molecule has 3 atom stereocenters. The van der Waals surface area contributed by atoms with Crippen molar-refractivity contribution in [2.45, 2.75) is 50.9 Å². The van der Waals surface area contributed by atoms with Gasteiger partial charge in [0.25, 0.3) is 12.5 Å². The highest BCUT2D eigenvalue weighted by Gasteiger charge is 2.34. The van der Waals surface area contributed by atoms with Crippen LogP contribution < -0.4 is 0 Å². The van der Waals surface area contributed by atoms with Crippen LogP contribution in [-0.4, -0.2) is 67.2 Å². The number of likely N-dealkylation sites (N-methyl/N-ethyl adjacent to an activating group) is 1. The quantitative estimate of drug-likeness (QED) is 0.661. The van der Waals surface area contributed by atoms with Crippen LogP contribution in [0.2, 0.25) is 0 Å². The van der Waals surface area contributed by atoms with Gasteiger partial charge in [-0.25, -0.2) is 0 Å². The molecule has 184 valence electrons. The monoisotopic (exact) mass is 476 g/mol. The zero-order valence-corrected chi connectivity index (χ0v) is 20.9. The summed E-state index contributed by atoms with van der Waals surface area (Å²) in [5.41, 5.74) is 2.43. The van der Waals surface area contributed by atoms with E-state index in [0.29, 0.717) is 24.3 Å². The van der Waals surface area contributed by atoms with Gasteiger partial charge in [-0.1, -0.05) is 24.3 Å². The lowest BCUT2D eigenvalue weighted by Gasteiger charge is -2.35. The number of fused-ring (bicyclic) bond motifs is 1. The fourth-order valence-electron chi connectivity index (χ4n) is 4.90. The topological polar surface area (TPSA) is 75.7 Å². The molecular formula is C28H34N3O4+. The number of aliphatic hydroxyl groups is 1. The minimum atomic E-state index is -0.730. The third-order valence-corrected chi connectivity index (χ3v) is 7.22. The van der Waals surface area contributed by atoms with Crippen LogP contribution in [0, 0.1) is 12.5 Å². The number of carbonyl (C=O) groups excluding carboxylic acids is 1. The van der Waals surface area contributed by atoms with Crippen LogP contribution in [0.5, 0.6) is 0 Å². The molecule has 0 radical (unpaired) electrons. The number of carbonyl (C=O) groups is 1. The van der Waals surface area contributed by atoms with Gasteiger partial charge in [-0.05, 0) is 61.0 Å². The van der Waals surface area contributed by atoms with Crippen LogP contribution in [0.25, 0.3) is 15.6 Å². The van der Waals surface area contributed by atoms with Crippen molar-refractivity contribution in [3.8, 4) is 6.57 Å². The molecule has 1 fully saturated rings. The first-order chi connectivity index (χ1) is 16.8. The van der Waals surface area contributed by atoms with E-state index in [4.69, 9.17) is 16.0 Å². The van der Waals surface area contributed by atoms with Gasteiger partial charge in [-0.2, -0.15) is 0 Å². The van der Waals surface area contributed by atoms with E-state index in [1.165, 1.54) is 0 Å². The van der Waals surface area contributed by atoms with Gasteiger partial charge in [0.15, 0.2) is 0 Å². The minimum Gasteiger partial charge on any atom is -0.389 e. The highest BCUT2D eigenvalue weighted by Crippen LogP contribution is 2.36. The number of methoxy groups -OCH3 is 1. The molecule has 0 aromatic heterocycles. The zero-order chi connectivity index (χ0) is 25.2. The Hall–Kier alpha value is -3.05. The molecule has 1 saturated heterocycles. The summed E-state index contributed by atoms with van der Waals surface area (Å²) in [7, 11) is 3.40. The third kappa shape index (κ3) is 5.01. The van der Waals surface area contributed by atoms with Crippen molar-refractivity contribution in [2.75, 3.05) is 27.4 Å². The number of benzene rings is 2. The van der Waals surface area contributed by atoms with Crippen molar-refractivity contribution in [3.63, 3.8) is 0 Å². The average molecular weight is 477 g/mol. The molecule has 2 aliphatic heterocycles. The van der Waals surface area contributed by atoms with Crippen LogP contribution in [0.15, 0.2) is 47.1 Å². The first kappa shape index (κ1) is 25.1. The Morgan fingerprint density at radius 2 is 2.09 bits per heavy atom. The molecule has 7 heteroatoms. The fourth-order valence-corrected chi connectivity index (χ4v) is 4.90. The molecule has 3 unspecified atom stereocenters. The number of aliphatic hydroxyl groups excluding tert-OH is 1. The second-order valence-corrected chi connectivity index (χ2v) is 9.80. The summed E-state index contributed by atoms with van der Waals surface area (Å²) < 4.78 is 10.9. The Labute approximate surface area is 206 Å². The zero-order valence-electron chi connectivity index (χ0n) is 20.9. The molecule has 7 nitrogen and oxygen atoms in total. The van der Waals surface area contributed by atoms with Gasteiger partial charge in [0, 0.05) is 32.9 Å². The fraction of sp³-hybridized carbons (Fsp3) is 0.464. The molecular weight excluding hydrogens is 442 g/mol. The molecule has 2 aromatic rings. The maximum atomic E-state index is 13.7. The van der Waals surface area contributed by atoms with Gasteiger partial charge in [0.05, 0.1) is 29.8 Å². The van der Waals surface area contributed by atoms with Crippen molar-refractivity contribution < 1.29 is 19.4 Å². The molecule has 2 aliphatic rings. The molecule has 2 heterocycles. The van der Waals surface area contributed by atoms with Gasteiger partial charge in [0.2, 0.25) is 0 Å². The largest absolute Gasteiger partial charge is 0.389 e. The van der Waals surface area contributed by atoms with Crippen molar-refractivity contribution in [3.05, 3.63) is 58.1 Å². The summed E-state index contributed by atoms with van der Waals surface area (Å²) in [6.07, 6.45) is 5.51. The lowest BCUT2D eigenvalue weighted by molar-refractivity contribution is -0.0523. The number of nitrogens with zero attached hydrogens (tertiary/aromatic N) is 3. The molecule has 0 aliphatic carbocycles. The minimum absolute atomic E-state index is 0.188. The molecule has 1 amide bonds. The molecule has 35 heavy (non-hydrogen) atoms. The summed E-state index contributed by atoms with van der Waals surface area (Å²) >= 11 is 0.